The molecule has 4 atom stereocenters. The van der Waals surface area contributed by atoms with Gasteiger partial charge in [-0.2, -0.15) is 0 Å². The Hall–Kier alpha value is -13.5. The topological polar surface area (TPSA) is 179 Å². The number of benzene rings is 13. The molecule has 0 amide bonds. The molecule has 0 radical (unpaired) electrons. The number of hydrogen-bond donors (Lipinski definition) is 0. The van der Waals surface area contributed by atoms with Gasteiger partial charge in [-0.1, -0.05) is 233 Å². The van der Waals surface area contributed by atoms with Crippen LogP contribution in [0.25, 0.3) is 43.1 Å². The highest BCUT2D eigenvalue weighted by atomic mass is 16.6. The Morgan fingerprint density at radius 3 is 0.982 bits per heavy atom. The third-order valence-electron chi connectivity index (χ3n) is 23.6. The van der Waals surface area contributed by atoms with Crippen molar-refractivity contribution in [1.82, 2.24) is 0 Å². The Labute approximate surface area is 651 Å². The quantitative estimate of drug-likeness (QED) is 0.0321. The van der Waals surface area contributed by atoms with E-state index in [9.17, 15) is 40.5 Å². The van der Waals surface area contributed by atoms with E-state index >= 15 is 0 Å². The molecule has 0 aromatic heterocycles. The normalized spacial score (nSPS) is 17.2. The summed E-state index contributed by atoms with van der Waals surface area (Å²) in [6.07, 6.45) is 14.8. The SMILES string of the molecule is C=C(/C=C/C=C1/N(Cc2ccc(CN3/C(=C/C=C/C(=C)C(C)(Cc4ccccc4)c4c(C)ccc5ccc([N+](=O)[O-])cc45)C(C)(Cc4ccccc4)c4c3ccc3ccc([N+](=O)[O-])cc43)cc2)c2ccc3ccc([N+](=O)[O-])cc3c2C1(C)Cc1ccccc1)C(C)(Cc1ccccc1)c1c(C)ccc2ccc([N+](=O)[O-])cc12. The molecule has 4 unspecified atom stereocenters. The van der Waals surface area contributed by atoms with Crippen LogP contribution in [0.15, 0.2) is 339 Å². The van der Waals surface area contributed by atoms with Gasteiger partial charge in [0, 0.05) is 106 Å². The Morgan fingerprint density at radius 1 is 0.375 bits per heavy atom. The molecule has 0 aliphatic carbocycles. The highest BCUT2D eigenvalue weighted by Crippen LogP contribution is 2.56. The lowest BCUT2D eigenvalue weighted by atomic mass is 9.69. The molecule has 0 saturated carbocycles. The van der Waals surface area contributed by atoms with Crippen molar-refractivity contribution in [2.45, 2.75) is 102 Å². The van der Waals surface area contributed by atoms with Gasteiger partial charge < -0.3 is 9.80 Å². The molecule has 2 heterocycles. The fourth-order valence-corrected chi connectivity index (χ4v) is 18.0. The van der Waals surface area contributed by atoms with Crippen LogP contribution in [0.5, 0.6) is 0 Å². The van der Waals surface area contributed by atoms with Crippen LogP contribution in [0.2, 0.25) is 0 Å². The van der Waals surface area contributed by atoms with E-state index in [-0.39, 0.29) is 42.4 Å². The molecule has 0 fully saturated rings. The number of rotatable bonds is 24. The second-order valence-corrected chi connectivity index (χ2v) is 30.9. The van der Waals surface area contributed by atoms with Crippen LogP contribution in [0.3, 0.4) is 0 Å². The molecule has 2 aliphatic rings. The van der Waals surface area contributed by atoms with E-state index in [1.165, 1.54) is 0 Å². The molecule has 554 valence electrons. The van der Waals surface area contributed by atoms with Crippen LogP contribution in [0.4, 0.5) is 34.1 Å². The van der Waals surface area contributed by atoms with Crippen molar-refractivity contribution in [3.05, 3.63) is 446 Å². The molecule has 14 heteroatoms. The number of anilines is 2. The van der Waals surface area contributed by atoms with Crippen LogP contribution >= 0.6 is 0 Å². The molecule has 15 rings (SSSR count). The third kappa shape index (κ3) is 13.8. The Bertz CT molecular complexity index is 5740. The maximum atomic E-state index is 12.8. The van der Waals surface area contributed by atoms with Crippen LogP contribution in [-0.2, 0) is 60.4 Å². The Balaban J connectivity index is 0.850. The first kappa shape index (κ1) is 74.0. The number of nitrogens with zero attached hydrogens (tertiary/aromatic N) is 6. The summed E-state index contributed by atoms with van der Waals surface area (Å²) in [4.78, 5) is 53.7. The number of fused-ring (bicyclic) bond motifs is 8. The predicted molar refractivity (Wildman–Crippen MR) is 453 cm³/mol. The lowest BCUT2D eigenvalue weighted by Gasteiger charge is -2.34. The minimum atomic E-state index is -0.780. The first-order valence-corrected chi connectivity index (χ1v) is 37.7. The van der Waals surface area contributed by atoms with E-state index in [0.29, 0.717) is 38.8 Å². The first-order valence-electron chi connectivity index (χ1n) is 37.7. The minimum absolute atomic E-state index is 0.00457. The molecule has 0 bridgehead atoms. The number of non-ortho nitro benzene ring substituents is 4. The van der Waals surface area contributed by atoms with Crippen LogP contribution < -0.4 is 9.80 Å². The first-order chi connectivity index (χ1) is 53.9. The van der Waals surface area contributed by atoms with E-state index in [1.54, 1.807) is 48.5 Å². The Kier molecular flexibility index (Phi) is 19.7. The number of hydrogen-bond acceptors (Lipinski definition) is 10. The average molecular weight is 1470 g/mol. The third-order valence-corrected chi connectivity index (χ3v) is 23.6. The molecule has 0 N–H and O–H groups in total. The summed E-state index contributed by atoms with van der Waals surface area (Å²) in [5, 5.41) is 57.0. The van der Waals surface area contributed by atoms with Gasteiger partial charge in [0.25, 0.3) is 22.7 Å². The monoisotopic (exact) mass is 1470 g/mol. The van der Waals surface area contributed by atoms with Gasteiger partial charge in [0.15, 0.2) is 0 Å². The van der Waals surface area contributed by atoms with Crippen molar-refractivity contribution in [3.8, 4) is 0 Å². The molecule has 112 heavy (non-hydrogen) atoms. The maximum absolute atomic E-state index is 12.8. The lowest BCUT2D eigenvalue weighted by molar-refractivity contribution is -0.384. The van der Waals surface area contributed by atoms with Gasteiger partial charge in [0.05, 0.1) is 19.7 Å². The van der Waals surface area contributed by atoms with Crippen molar-refractivity contribution in [2.24, 2.45) is 0 Å². The summed E-state index contributed by atoms with van der Waals surface area (Å²) in [6, 6.07) is 86.7. The zero-order valence-electron chi connectivity index (χ0n) is 63.5. The summed E-state index contributed by atoms with van der Waals surface area (Å²) in [6.45, 7) is 23.5. The highest BCUT2D eigenvalue weighted by molar-refractivity contribution is 5.98. The second-order valence-electron chi connectivity index (χ2n) is 30.9. The molecule has 13 aromatic carbocycles. The van der Waals surface area contributed by atoms with Crippen molar-refractivity contribution in [1.29, 1.82) is 0 Å². The van der Waals surface area contributed by atoms with Gasteiger partial charge in [0.1, 0.15) is 0 Å². The lowest BCUT2D eigenvalue weighted by Crippen LogP contribution is -2.31. The summed E-state index contributed by atoms with van der Waals surface area (Å²) in [5.74, 6) is 0. The van der Waals surface area contributed by atoms with Crippen molar-refractivity contribution in [3.63, 3.8) is 0 Å². The Morgan fingerprint density at radius 2 is 0.661 bits per heavy atom. The van der Waals surface area contributed by atoms with Crippen LogP contribution in [0.1, 0.15) is 94.5 Å². The van der Waals surface area contributed by atoms with Crippen molar-refractivity contribution in [2.75, 3.05) is 9.80 Å². The van der Waals surface area contributed by atoms with Crippen molar-refractivity contribution < 1.29 is 19.7 Å². The van der Waals surface area contributed by atoms with Gasteiger partial charge in [-0.15, -0.1) is 0 Å². The summed E-state index contributed by atoms with van der Waals surface area (Å²) in [7, 11) is 0. The fourth-order valence-electron chi connectivity index (χ4n) is 18.0. The predicted octanol–water partition coefficient (Wildman–Crippen LogP) is 24.0. The van der Waals surface area contributed by atoms with E-state index in [1.807, 2.05) is 121 Å². The second kappa shape index (κ2) is 29.8. The van der Waals surface area contributed by atoms with E-state index in [0.717, 1.165) is 144 Å². The minimum Gasteiger partial charge on any atom is -0.339 e. The van der Waals surface area contributed by atoms with E-state index in [4.69, 9.17) is 13.2 Å². The number of aryl methyl sites for hydroxylation is 2. The van der Waals surface area contributed by atoms with Gasteiger partial charge in [-0.25, -0.2) is 0 Å². The zero-order valence-corrected chi connectivity index (χ0v) is 63.5. The van der Waals surface area contributed by atoms with Crippen molar-refractivity contribution >= 4 is 77.2 Å². The number of nitro benzene ring substituents is 4. The molecular formula is C98H84N6O8. The molecule has 14 nitrogen and oxygen atoms in total. The molecule has 13 aromatic rings. The van der Waals surface area contributed by atoms with Gasteiger partial charge in [-0.3, -0.25) is 40.5 Å². The number of nitro groups is 4. The van der Waals surface area contributed by atoms with E-state index in [2.05, 4.69) is 185 Å². The highest BCUT2D eigenvalue weighted by Gasteiger charge is 2.47. The standard InChI is InChI=1S/C98H84N6O8/c1-65-35-41-75-43-49-79(101(105)106)55-83(75)91(65)95(5,59-69-25-13-9-14-26-69)67(3)23-21-33-89-97(7,61-71-29-17-11-18-30-71)93-85-57-81(103(109)110)51-45-77(85)47-53-87(93)99(89)63-73-37-39-74(40-38-73)64-100-88-54-48-78-46-52-82(104(111)112)58-86(78)94(88)98(8,62-72-31-19-12-20-32-72)90(100)34-22-24-68(4)96(6,60-70-27-15-10-16-28-70)92-66(2)36-42-76-44-50-80(102(107)108)56-84(76)92/h9-58H,3-4,59-64H2,1-2,5-8H3/b23-21+,24-22+,89-33+,90-34+. The van der Waals surface area contributed by atoms with Gasteiger partial charge >= 0.3 is 0 Å². The van der Waals surface area contributed by atoms with Crippen LogP contribution in [-0.4, -0.2) is 19.7 Å². The zero-order chi connectivity index (χ0) is 78.4. The molecule has 0 spiro atoms. The van der Waals surface area contributed by atoms with Crippen LogP contribution in [0, 0.1) is 54.3 Å². The summed E-state index contributed by atoms with van der Waals surface area (Å²) < 4.78 is 0. The summed E-state index contributed by atoms with van der Waals surface area (Å²) >= 11 is 0. The average Bonchev–Trinajstić information content (AvgIpc) is 1.55. The summed E-state index contributed by atoms with van der Waals surface area (Å²) in [5.41, 5.74) is 14.3. The fraction of sp³-hybridized carbons (Fsp3) is 0.163. The maximum Gasteiger partial charge on any atom is 0.270 e. The van der Waals surface area contributed by atoms with Gasteiger partial charge in [0.2, 0.25) is 0 Å². The molecular weight excluding hydrogens is 1390 g/mol. The van der Waals surface area contributed by atoms with Gasteiger partial charge in [-0.05, 0) is 223 Å². The largest absolute Gasteiger partial charge is 0.339 e. The molecule has 2 aliphatic heterocycles. The number of allylic oxidation sites excluding steroid dienone is 10. The van der Waals surface area contributed by atoms with E-state index < -0.39 is 21.7 Å². The molecule has 0 saturated heterocycles. The smallest absolute Gasteiger partial charge is 0.270 e.